The van der Waals surface area contributed by atoms with Crippen molar-refractivity contribution in [3.63, 3.8) is 0 Å². The number of esters is 4. The van der Waals surface area contributed by atoms with Gasteiger partial charge in [0.1, 0.15) is 11.5 Å². The minimum Gasteiger partial charge on any atom is -0.385 e. The predicted octanol–water partition coefficient (Wildman–Crippen LogP) is 5.14. The van der Waals surface area contributed by atoms with Crippen LogP contribution >= 0.6 is 0 Å². The van der Waals surface area contributed by atoms with Crippen LogP contribution in [0.5, 0.6) is 0 Å². The summed E-state index contributed by atoms with van der Waals surface area (Å²) in [6, 6.07) is 12.3. The molecule has 4 atom stereocenters. The van der Waals surface area contributed by atoms with Crippen LogP contribution < -0.4 is 5.32 Å². The fourth-order valence-corrected chi connectivity index (χ4v) is 7.80. The molecule has 6 rings (SSSR count). The standard InChI is InChI=1S/C41H37N7O16/c1-21(2)32-33-22(3)30(34(45(33)35(32)49)39(53)62-36(50)24-4-10-27(11-5-24)46(56)57)20-44-17-16-23(19-44)18-31(42-40(54)63-37(51)25-6-12-28(13-7-25)47(58)59)43-41(55)64-38(52)26-8-14-29(15-9-26)48(60)61/h4-15,21-23,32-33H,16-20H2,1-3H3,(H,42,43,54,55)/t22-,23-,32+,33+/m0/s1. The first-order valence-corrected chi connectivity index (χ1v) is 19.5. The van der Waals surface area contributed by atoms with Crippen molar-refractivity contribution >= 4 is 64.9 Å². The van der Waals surface area contributed by atoms with Crippen molar-refractivity contribution in [3.05, 3.63) is 131 Å². The van der Waals surface area contributed by atoms with Gasteiger partial charge >= 0.3 is 36.1 Å². The van der Waals surface area contributed by atoms with Crippen molar-refractivity contribution < 1.29 is 62.5 Å². The number of alkyl carbamates (subject to hydrolysis) is 1. The zero-order valence-corrected chi connectivity index (χ0v) is 34.1. The number of amides is 3. The number of aliphatic imine (C=N–C) groups is 1. The molecule has 3 aliphatic rings. The third-order valence-corrected chi connectivity index (χ3v) is 10.9. The summed E-state index contributed by atoms with van der Waals surface area (Å²) in [4.78, 5) is 129. The first-order chi connectivity index (χ1) is 30.3. The molecule has 23 nitrogen and oxygen atoms in total. The van der Waals surface area contributed by atoms with E-state index in [0.717, 1.165) is 72.8 Å². The number of hydrogen-bond acceptors (Lipinski definition) is 17. The van der Waals surface area contributed by atoms with Gasteiger partial charge in [-0.25, -0.2) is 28.8 Å². The predicted molar refractivity (Wildman–Crippen MR) is 216 cm³/mol. The molecule has 0 unspecified atom stereocenters. The summed E-state index contributed by atoms with van der Waals surface area (Å²) in [7, 11) is 0. The number of nitrogens with zero attached hydrogens (tertiary/aromatic N) is 6. The van der Waals surface area contributed by atoms with Crippen LogP contribution in [0.4, 0.5) is 26.7 Å². The lowest BCUT2D eigenvalue weighted by Gasteiger charge is -2.47. The Morgan fingerprint density at radius 1 is 0.734 bits per heavy atom. The molecule has 0 radical (unpaired) electrons. The largest absolute Gasteiger partial charge is 0.443 e. The topological polar surface area (TPSA) is 307 Å². The molecule has 64 heavy (non-hydrogen) atoms. The summed E-state index contributed by atoms with van der Waals surface area (Å²) >= 11 is 0. The average molecular weight is 884 g/mol. The maximum Gasteiger partial charge on any atom is 0.443 e. The molecule has 0 spiro atoms. The molecule has 3 aromatic rings. The molecule has 23 heteroatoms. The molecule has 3 heterocycles. The number of nitro benzene ring substituents is 3. The Bertz CT molecular complexity index is 2520. The fraction of sp³-hybridized carbons (Fsp3) is 0.317. The molecular weight excluding hydrogens is 846 g/mol. The average Bonchev–Trinajstić information content (AvgIpc) is 3.79. The van der Waals surface area contributed by atoms with Crippen LogP contribution in [0.25, 0.3) is 0 Å². The summed E-state index contributed by atoms with van der Waals surface area (Å²) in [5, 5.41) is 35.3. The van der Waals surface area contributed by atoms with Gasteiger partial charge < -0.3 is 19.1 Å². The van der Waals surface area contributed by atoms with E-state index in [9.17, 15) is 63.9 Å². The molecule has 3 amide bonds. The molecular formula is C41H37N7O16. The number of ether oxygens (including phenoxy) is 3. The molecule has 0 aromatic heterocycles. The maximum atomic E-state index is 13.7. The lowest BCUT2D eigenvalue weighted by Crippen LogP contribution is -2.62. The van der Waals surface area contributed by atoms with E-state index in [0.29, 0.717) is 18.5 Å². The van der Waals surface area contributed by atoms with Crippen LogP contribution in [0.2, 0.25) is 0 Å². The molecule has 0 saturated carbocycles. The summed E-state index contributed by atoms with van der Waals surface area (Å²) < 4.78 is 14.8. The van der Waals surface area contributed by atoms with Crippen LogP contribution in [0, 0.1) is 54.0 Å². The van der Waals surface area contributed by atoms with Gasteiger partial charge in [-0.2, -0.15) is 4.99 Å². The molecule has 3 aromatic carbocycles. The molecule has 1 N–H and O–H groups in total. The maximum absolute atomic E-state index is 13.7. The molecule has 2 saturated heterocycles. The van der Waals surface area contributed by atoms with Crippen LogP contribution in [0.15, 0.2) is 89.1 Å². The van der Waals surface area contributed by atoms with Crippen molar-refractivity contribution in [3.8, 4) is 0 Å². The third-order valence-electron chi connectivity index (χ3n) is 10.9. The highest BCUT2D eigenvalue weighted by molar-refractivity contribution is 6.07. The number of non-ortho nitro benzene ring substituents is 3. The van der Waals surface area contributed by atoms with Gasteiger partial charge in [-0.05, 0) is 66.8 Å². The van der Waals surface area contributed by atoms with Crippen LogP contribution in [0.3, 0.4) is 0 Å². The van der Waals surface area contributed by atoms with Crippen molar-refractivity contribution in [2.75, 3.05) is 19.6 Å². The van der Waals surface area contributed by atoms with Crippen molar-refractivity contribution in [1.82, 2.24) is 15.1 Å². The first kappa shape index (κ1) is 45.4. The van der Waals surface area contributed by atoms with Gasteiger partial charge in [-0.15, -0.1) is 0 Å². The van der Waals surface area contributed by atoms with E-state index in [1.165, 1.54) is 4.90 Å². The zero-order chi connectivity index (χ0) is 46.6. The Kier molecular flexibility index (Phi) is 13.4. The van der Waals surface area contributed by atoms with Gasteiger partial charge in [0, 0.05) is 61.8 Å². The monoisotopic (exact) mass is 883 g/mol. The number of nitro groups is 3. The Morgan fingerprint density at radius 3 is 1.67 bits per heavy atom. The number of benzene rings is 3. The summed E-state index contributed by atoms with van der Waals surface area (Å²) in [5.41, 5.74) is -1.11. The van der Waals surface area contributed by atoms with E-state index in [2.05, 4.69) is 10.3 Å². The highest BCUT2D eigenvalue weighted by Gasteiger charge is 2.59. The third kappa shape index (κ3) is 9.99. The lowest BCUT2D eigenvalue weighted by atomic mass is 9.74. The Labute approximate surface area is 361 Å². The fourth-order valence-electron chi connectivity index (χ4n) is 7.80. The van der Waals surface area contributed by atoms with Gasteiger partial charge in [0.25, 0.3) is 17.1 Å². The van der Waals surface area contributed by atoms with Gasteiger partial charge in [-0.3, -0.25) is 45.4 Å². The molecule has 3 aliphatic heterocycles. The molecule has 2 fully saturated rings. The van der Waals surface area contributed by atoms with Gasteiger partial charge in [0.15, 0.2) is 0 Å². The van der Waals surface area contributed by atoms with E-state index in [-0.39, 0.29) is 82.6 Å². The number of nitrogens with one attached hydrogen (secondary N) is 1. The lowest BCUT2D eigenvalue weighted by molar-refractivity contribution is -0.385. The van der Waals surface area contributed by atoms with E-state index >= 15 is 0 Å². The van der Waals surface area contributed by atoms with Crippen molar-refractivity contribution in [1.29, 1.82) is 0 Å². The van der Waals surface area contributed by atoms with Gasteiger partial charge in [-0.1, -0.05) is 20.8 Å². The quantitative estimate of drug-likeness (QED) is 0.0360. The van der Waals surface area contributed by atoms with Crippen molar-refractivity contribution in [2.45, 2.75) is 39.7 Å². The Hall–Kier alpha value is -8.08. The second-order valence-corrected chi connectivity index (χ2v) is 15.3. The SMILES string of the molecule is CC(C)[C@H]1C(=O)N2C(C(=O)OC(=O)c3ccc([N+](=O)[O-])cc3)=C(CN3CC[C@@H](CC(=NC(=O)OC(=O)c4ccc([N+](=O)[O-])cc4)NC(=O)OC(=O)c4ccc([N+](=O)[O-])cc4)C3)[C@H](C)[C@H]12. The van der Waals surface area contributed by atoms with E-state index in [1.807, 2.05) is 25.7 Å². The Morgan fingerprint density at radius 2 is 1.20 bits per heavy atom. The summed E-state index contributed by atoms with van der Waals surface area (Å²) in [5.74, 6) is -6.56. The molecule has 0 bridgehead atoms. The van der Waals surface area contributed by atoms with Crippen LogP contribution in [-0.2, 0) is 23.8 Å². The van der Waals surface area contributed by atoms with Crippen molar-refractivity contribution in [2.24, 2.45) is 28.7 Å². The number of fused-ring (bicyclic) bond motifs is 1. The molecule has 332 valence electrons. The van der Waals surface area contributed by atoms with Crippen LogP contribution in [-0.4, -0.2) is 98.1 Å². The number of rotatable bonds is 12. The smallest absolute Gasteiger partial charge is 0.385 e. The van der Waals surface area contributed by atoms with Gasteiger partial charge in [0.05, 0.1) is 43.4 Å². The second kappa shape index (κ2) is 18.9. The first-order valence-electron chi connectivity index (χ1n) is 19.5. The highest BCUT2D eigenvalue weighted by Crippen LogP contribution is 2.49. The van der Waals surface area contributed by atoms with Gasteiger partial charge in [0.2, 0.25) is 5.91 Å². The summed E-state index contributed by atoms with van der Waals surface area (Å²) in [6.07, 6.45) is -2.67. The summed E-state index contributed by atoms with van der Waals surface area (Å²) in [6.45, 7) is 6.36. The minimum atomic E-state index is -1.50. The van der Waals surface area contributed by atoms with E-state index in [1.54, 1.807) is 0 Å². The number of amidine groups is 1. The number of hydrogen-bond donors (Lipinski definition) is 1. The van der Waals surface area contributed by atoms with E-state index in [4.69, 9.17) is 14.2 Å². The van der Waals surface area contributed by atoms with Crippen LogP contribution in [0.1, 0.15) is 64.7 Å². The second-order valence-electron chi connectivity index (χ2n) is 15.3. The molecule has 0 aliphatic carbocycles. The Balaban J connectivity index is 1.18. The highest BCUT2D eigenvalue weighted by atomic mass is 16.6. The number of β-lactam (4-membered cyclic amide) rings is 1. The normalized spacial score (nSPS) is 19.3. The minimum absolute atomic E-state index is 0.0804. The van der Waals surface area contributed by atoms with E-state index < -0.39 is 68.6 Å². The zero-order valence-electron chi connectivity index (χ0n) is 34.1. The number of carbonyl (C=O) groups excluding carboxylic acids is 7. The number of carbonyl (C=O) groups is 7. The number of likely N-dealkylation sites (tertiary alicyclic amines) is 1.